The van der Waals surface area contributed by atoms with E-state index in [1.807, 2.05) is 24.7 Å². The van der Waals surface area contributed by atoms with Crippen LogP contribution in [0.3, 0.4) is 0 Å². The summed E-state index contributed by atoms with van der Waals surface area (Å²) in [6.45, 7) is 1.97. The Morgan fingerprint density at radius 3 is 2.75 bits per heavy atom. The van der Waals surface area contributed by atoms with Gasteiger partial charge in [0.2, 0.25) is 0 Å². The molecular weight excluding hydrogens is 242 g/mol. The topological polar surface area (TPSA) is 38.7 Å². The fourth-order valence-corrected chi connectivity index (χ4v) is 2.21. The lowest BCUT2D eigenvalue weighted by Gasteiger charge is -1.95. The Balaban J connectivity index is 2.15. The van der Waals surface area contributed by atoms with Crippen LogP contribution < -0.4 is 0 Å². The molecule has 0 aromatic carbocycles. The molecule has 0 bridgehead atoms. The van der Waals surface area contributed by atoms with Gasteiger partial charge in [0.25, 0.3) is 0 Å². The van der Waals surface area contributed by atoms with Crippen LogP contribution in [0.5, 0.6) is 0 Å². The molecular formula is C11H12ClN3S. The SMILES string of the molecule is Cc1cnc(-c2nc(CCCCl)cs2)nc1. The zero-order chi connectivity index (χ0) is 11.4. The third-order valence-corrected chi connectivity index (χ3v) is 3.24. The molecule has 2 aromatic heterocycles. The first-order chi connectivity index (χ1) is 7.79. The molecule has 0 unspecified atom stereocenters. The molecule has 2 heterocycles. The van der Waals surface area contributed by atoms with Gasteiger partial charge in [0, 0.05) is 23.7 Å². The Labute approximate surface area is 104 Å². The van der Waals surface area contributed by atoms with Crippen LogP contribution in [0.2, 0.25) is 0 Å². The summed E-state index contributed by atoms with van der Waals surface area (Å²) in [5, 5.41) is 2.93. The normalized spacial score (nSPS) is 10.6. The van der Waals surface area contributed by atoms with E-state index in [9.17, 15) is 0 Å². The summed E-state index contributed by atoms with van der Waals surface area (Å²) in [5.74, 6) is 1.38. The summed E-state index contributed by atoms with van der Waals surface area (Å²) in [4.78, 5) is 13.0. The Bertz CT molecular complexity index is 453. The monoisotopic (exact) mass is 253 g/mol. The molecule has 0 aliphatic carbocycles. The van der Waals surface area contributed by atoms with E-state index in [1.54, 1.807) is 11.3 Å². The molecule has 0 N–H and O–H groups in total. The highest BCUT2D eigenvalue weighted by Gasteiger charge is 2.06. The van der Waals surface area contributed by atoms with Crippen LogP contribution in [0.1, 0.15) is 17.7 Å². The van der Waals surface area contributed by atoms with Crippen LogP contribution in [0.25, 0.3) is 10.8 Å². The molecule has 0 saturated carbocycles. The van der Waals surface area contributed by atoms with E-state index in [0.717, 1.165) is 29.1 Å². The molecule has 0 fully saturated rings. The fourth-order valence-electron chi connectivity index (χ4n) is 1.28. The lowest BCUT2D eigenvalue weighted by molar-refractivity contribution is 0.898. The molecule has 2 aromatic rings. The van der Waals surface area contributed by atoms with Gasteiger partial charge in [0.15, 0.2) is 10.8 Å². The molecule has 16 heavy (non-hydrogen) atoms. The molecule has 0 radical (unpaired) electrons. The van der Waals surface area contributed by atoms with E-state index >= 15 is 0 Å². The van der Waals surface area contributed by atoms with Gasteiger partial charge in [-0.3, -0.25) is 0 Å². The van der Waals surface area contributed by atoms with Crippen molar-refractivity contribution < 1.29 is 0 Å². The first kappa shape index (κ1) is 11.5. The summed E-state index contributed by atoms with van der Waals surface area (Å²) in [6, 6.07) is 0. The van der Waals surface area contributed by atoms with Crippen LogP contribution in [0.15, 0.2) is 17.8 Å². The largest absolute Gasteiger partial charge is 0.238 e. The molecule has 0 amide bonds. The highest BCUT2D eigenvalue weighted by Crippen LogP contribution is 2.20. The van der Waals surface area contributed by atoms with Crippen molar-refractivity contribution in [2.75, 3.05) is 5.88 Å². The molecule has 0 aliphatic rings. The van der Waals surface area contributed by atoms with Crippen LogP contribution in [0.4, 0.5) is 0 Å². The number of hydrogen-bond donors (Lipinski definition) is 0. The Morgan fingerprint density at radius 1 is 1.31 bits per heavy atom. The summed E-state index contributed by atoms with van der Waals surface area (Å²) < 4.78 is 0. The minimum atomic E-state index is 0.674. The Hall–Kier alpha value is -1.00. The zero-order valence-corrected chi connectivity index (χ0v) is 10.6. The maximum absolute atomic E-state index is 5.64. The van der Waals surface area contributed by atoms with Crippen molar-refractivity contribution in [3.63, 3.8) is 0 Å². The molecule has 2 rings (SSSR count). The van der Waals surface area contributed by atoms with Gasteiger partial charge in [-0.2, -0.15) is 0 Å². The standard InChI is InChI=1S/C11H12ClN3S/c1-8-5-13-10(14-6-8)11-15-9(7-16-11)3-2-4-12/h5-7H,2-4H2,1H3. The molecule has 0 spiro atoms. The highest BCUT2D eigenvalue weighted by molar-refractivity contribution is 7.13. The van der Waals surface area contributed by atoms with Crippen molar-refractivity contribution >= 4 is 22.9 Å². The van der Waals surface area contributed by atoms with Crippen LogP contribution in [0, 0.1) is 6.92 Å². The summed E-state index contributed by atoms with van der Waals surface area (Å²) in [6.07, 6.45) is 5.50. The lowest BCUT2D eigenvalue weighted by Crippen LogP contribution is -1.90. The lowest BCUT2D eigenvalue weighted by atomic mass is 10.3. The minimum absolute atomic E-state index is 0.674. The van der Waals surface area contributed by atoms with Crippen molar-refractivity contribution in [3.05, 3.63) is 29.0 Å². The Morgan fingerprint density at radius 2 is 2.06 bits per heavy atom. The highest BCUT2D eigenvalue weighted by atomic mass is 35.5. The van der Waals surface area contributed by atoms with Gasteiger partial charge in [0.05, 0.1) is 5.69 Å². The van der Waals surface area contributed by atoms with Gasteiger partial charge in [-0.25, -0.2) is 15.0 Å². The first-order valence-electron chi connectivity index (χ1n) is 5.09. The minimum Gasteiger partial charge on any atom is -0.238 e. The molecule has 0 saturated heterocycles. The van der Waals surface area contributed by atoms with Crippen molar-refractivity contribution in [3.8, 4) is 10.8 Å². The van der Waals surface area contributed by atoms with Crippen molar-refractivity contribution in [1.82, 2.24) is 15.0 Å². The van der Waals surface area contributed by atoms with Gasteiger partial charge < -0.3 is 0 Å². The first-order valence-corrected chi connectivity index (χ1v) is 6.50. The van der Waals surface area contributed by atoms with Gasteiger partial charge in [-0.1, -0.05) is 0 Å². The number of aryl methyl sites for hydroxylation is 2. The van der Waals surface area contributed by atoms with Crippen LogP contribution >= 0.6 is 22.9 Å². The Kier molecular flexibility index (Phi) is 3.85. The predicted molar refractivity (Wildman–Crippen MR) is 66.9 cm³/mol. The van der Waals surface area contributed by atoms with Gasteiger partial charge in [0.1, 0.15) is 0 Å². The third kappa shape index (κ3) is 2.77. The average molecular weight is 254 g/mol. The number of aromatic nitrogens is 3. The number of alkyl halides is 1. The van der Waals surface area contributed by atoms with Crippen LogP contribution in [-0.4, -0.2) is 20.8 Å². The predicted octanol–water partition coefficient (Wildman–Crippen LogP) is 3.08. The second kappa shape index (κ2) is 5.37. The van der Waals surface area contributed by atoms with Crippen molar-refractivity contribution in [2.24, 2.45) is 0 Å². The maximum Gasteiger partial charge on any atom is 0.188 e. The molecule has 5 heteroatoms. The van der Waals surface area contributed by atoms with Crippen molar-refractivity contribution in [2.45, 2.75) is 19.8 Å². The number of hydrogen-bond acceptors (Lipinski definition) is 4. The number of nitrogens with zero attached hydrogens (tertiary/aromatic N) is 3. The van der Waals surface area contributed by atoms with E-state index in [0.29, 0.717) is 11.7 Å². The summed E-state index contributed by atoms with van der Waals surface area (Å²) in [5.41, 5.74) is 2.13. The van der Waals surface area contributed by atoms with Gasteiger partial charge in [-0.15, -0.1) is 22.9 Å². The fraction of sp³-hybridized carbons (Fsp3) is 0.364. The van der Waals surface area contributed by atoms with Crippen LogP contribution in [-0.2, 0) is 6.42 Å². The quantitative estimate of drug-likeness (QED) is 0.786. The zero-order valence-electron chi connectivity index (χ0n) is 8.98. The van der Waals surface area contributed by atoms with E-state index < -0.39 is 0 Å². The van der Waals surface area contributed by atoms with Gasteiger partial charge >= 0.3 is 0 Å². The molecule has 0 aliphatic heterocycles. The number of rotatable bonds is 4. The van der Waals surface area contributed by atoms with E-state index in [2.05, 4.69) is 15.0 Å². The average Bonchev–Trinajstić information content (AvgIpc) is 2.76. The number of thiazole rings is 1. The third-order valence-electron chi connectivity index (χ3n) is 2.09. The van der Waals surface area contributed by atoms with Crippen molar-refractivity contribution in [1.29, 1.82) is 0 Å². The molecule has 0 atom stereocenters. The number of halogens is 1. The summed E-state index contributed by atoms with van der Waals surface area (Å²) >= 11 is 7.22. The van der Waals surface area contributed by atoms with E-state index in [4.69, 9.17) is 11.6 Å². The molecule has 84 valence electrons. The maximum atomic E-state index is 5.64. The molecule has 3 nitrogen and oxygen atoms in total. The second-order valence-electron chi connectivity index (χ2n) is 3.52. The second-order valence-corrected chi connectivity index (χ2v) is 4.76. The summed E-state index contributed by atoms with van der Waals surface area (Å²) in [7, 11) is 0. The van der Waals surface area contributed by atoms with Gasteiger partial charge in [-0.05, 0) is 25.3 Å². The van der Waals surface area contributed by atoms with E-state index in [1.165, 1.54) is 0 Å². The van der Waals surface area contributed by atoms with E-state index in [-0.39, 0.29) is 0 Å². The smallest absolute Gasteiger partial charge is 0.188 e.